The summed E-state index contributed by atoms with van der Waals surface area (Å²) in [6.07, 6.45) is 4.18. The number of phenols is 1. The Bertz CT molecular complexity index is 724. The van der Waals surface area contributed by atoms with Crippen molar-refractivity contribution in [3.05, 3.63) is 59.2 Å². The Morgan fingerprint density at radius 3 is 2.67 bits per heavy atom. The Kier molecular flexibility index (Phi) is 4.74. The molecule has 1 aliphatic heterocycles. The second-order valence-corrected chi connectivity index (χ2v) is 6.39. The van der Waals surface area contributed by atoms with Crippen LogP contribution in [0.3, 0.4) is 0 Å². The van der Waals surface area contributed by atoms with Gasteiger partial charge in [0.15, 0.2) is 0 Å². The third-order valence-corrected chi connectivity index (χ3v) is 4.67. The van der Waals surface area contributed by atoms with Gasteiger partial charge in [0.2, 0.25) is 5.91 Å². The quantitative estimate of drug-likeness (QED) is 0.861. The maximum atomic E-state index is 11.2. The number of hydrogen-bond acceptors (Lipinski definition) is 3. The minimum absolute atomic E-state index is 0.0502. The lowest BCUT2D eigenvalue weighted by molar-refractivity contribution is 0.1000. The van der Waals surface area contributed by atoms with Crippen LogP contribution in [-0.4, -0.2) is 11.0 Å². The van der Waals surface area contributed by atoms with E-state index in [1.807, 2.05) is 24.3 Å². The molecule has 0 fully saturated rings. The molecular weight excluding hydrogens is 302 g/mol. The molecule has 0 aliphatic carbocycles. The third kappa shape index (κ3) is 3.37. The van der Waals surface area contributed by atoms with Gasteiger partial charge in [-0.05, 0) is 54.7 Å². The molecule has 1 aliphatic rings. The van der Waals surface area contributed by atoms with E-state index in [1.165, 1.54) is 0 Å². The summed E-state index contributed by atoms with van der Waals surface area (Å²) in [7, 11) is 0. The molecule has 1 heterocycles. The Morgan fingerprint density at radius 2 is 2.00 bits per heavy atom. The number of carbonyl (C=O) groups is 1. The van der Waals surface area contributed by atoms with E-state index in [4.69, 9.17) is 10.5 Å². The molecule has 24 heavy (non-hydrogen) atoms. The Balaban J connectivity index is 1.88. The van der Waals surface area contributed by atoms with Crippen molar-refractivity contribution in [1.82, 2.24) is 0 Å². The minimum Gasteiger partial charge on any atom is -0.508 e. The first kappa shape index (κ1) is 16.4. The topological polar surface area (TPSA) is 72.6 Å². The fourth-order valence-electron chi connectivity index (χ4n) is 3.34. The molecule has 3 N–H and O–H groups in total. The zero-order valence-electron chi connectivity index (χ0n) is 13.9. The number of primary amides is 1. The highest BCUT2D eigenvalue weighted by Gasteiger charge is 2.29. The van der Waals surface area contributed by atoms with Gasteiger partial charge in [0.05, 0.1) is 0 Å². The largest absolute Gasteiger partial charge is 0.508 e. The Morgan fingerprint density at radius 1 is 1.25 bits per heavy atom. The molecule has 2 aromatic rings. The first-order valence-electron chi connectivity index (χ1n) is 8.47. The van der Waals surface area contributed by atoms with Gasteiger partial charge < -0.3 is 15.6 Å². The first-order chi connectivity index (χ1) is 11.6. The van der Waals surface area contributed by atoms with Crippen molar-refractivity contribution in [2.75, 3.05) is 0 Å². The summed E-state index contributed by atoms with van der Waals surface area (Å²) in [5, 5.41) is 9.80. The van der Waals surface area contributed by atoms with E-state index in [9.17, 15) is 9.90 Å². The molecule has 0 aromatic heterocycles. The first-order valence-corrected chi connectivity index (χ1v) is 8.47. The van der Waals surface area contributed by atoms with Crippen molar-refractivity contribution in [1.29, 1.82) is 0 Å². The summed E-state index contributed by atoms with van der Waals surface area (Å²) in [6, 6.07) is 12.6. The van der Waals surface area contributed by atoms with Crippen LogP contribution >= 0.6 is 0 Å². The molecule has 2 atom stereocenters. The zero-order chi connectivity index (χ0) is 17.1. The highest BCUT2D eigenvalue weighted by Crippen LogP contribution is 2.45. The number of nitrogens with two attached hydrogens (primary N) is 1. The normalized spacial score (nSPS) is 19.4. The lowest BCUT2D eigenvalue weighted by Gasteiger charge is -2.32. The number of benzene rings is 2. The van der Waals surface area contributed by atoms with E-state index in [1.54, 1.807) is 18.2 Å². The average molecular weight is 325 g/mol. The van der Waals surface area contributed by atoms with Gasteiger partial charge in [-0.2, -0.15) is 0 Å². The van der Waals surface area contributed by atoms with Crippen molar-refractivity contribution in [2.24, 2.45) is 5.73 Å². The summed E-state index contributed by atoms with van der Waals surface area (Å²) in [6.45, 7) is 2.18. The third-order valence-electron chi connectivity index (χ3n) is 4.67. The highest BCUT2D eigenvalue weighted by atomic mass is 16.5. The summed E-state index contributed by atoms with van der Waals surface area (Å²) in [5.74, 6) is 1.06. The molecule has 0 saturated carbocycles. The standard InChI is InChI=1S/C20H23NO3/c1-2-3-4-15-11-19(13-5-7-14(8-6-13)20(21)23)24-18-10-9-16(22)12-17(15)18/h5-10,12,15,19,22H,2-4,11H2,1H3,(H2,21,23). The second-order valence-electron chi connectivity index (χ2n) is 6.39. The summed E-state index contributed by atoms with van der Waals surface area (Å²) in [4.78, 5) is 11.2. The van der Waals surface area contributed by atoms with Gasteiger partial charge >= 0.3 is 0 Å². The van der Waals surface area contributed by atoms with E-state index >= 15 is 0 Å². The van der Waals surface area contributed by atoms with Crippen molar-refractivity contribution in [3.8, 4) is 11.5 Å². The maximum Gasteiger partial charge on any atom is 0.248 e. The van der Waals surface area contributed by atoms with Crippen LogP contribution < -0.4 is 10.5 Å². The Labute approximate surface area is 142 Å². The van der Waals surface area contributed by atoms with Crippen LogP contribution in [0, 0.1) is 0 Å². The van der Waals surface area contributed by atoms with Crippen LogP contribution in [-0.2, 0) is 0 Å². The van der Waals surface area contributed by atoms with Gasteiger partial charge in [-0.1, -0.05) is 31.9 Å². The van der Waals surface area contributed by atoms with Crippen LogP contribution in [0.1, 0.15) is 66.1 Å². The fraction of sp³-hybridized carbons (Fsp3) is 0.350. The van der Waals surface area contributed by atoms with Crippen LogP contribution in [0.2, 0.25) is 0 Å². The molecule has 0 spiro atoms. The molecule has 1 amide bonds. The van der Waals surface area contributed by atoms with E-state index < -0.39 is 5.91 Å². The number of amides is 1. The number of ether oxygens (including phenoxy) is 1. The molecular formula is C20H23NO3. The van der Waals surface area contributed by atoms with Gasteiger partial charge in [-0.15, -0.1) is 0 Å². The molecule has 126 valence electrons. The predicted molar refractivity (Wildman–Crippen MR) is 93.3 cm³/mol. The summed E-state index contributed by atoms with van der Waals surface area (Å²) >= 11 is 0. The maximum absolute atomic E-state index is 11.2. The van der Waals surface area contributed by atoms with Gasteiger partial charge in [0, 0.05) is 11.1 Å². The van der Waals surface area contributed by atoms with Crippen molar-refractivity contribution in [2.45, 2.75) is 44.6 Å². The number of carbonyl (C=O) groups excluding carboxylic acids is 1. The predicted octanol–water partition coefficient (Wildman–Crippen LogP) is 4.29. The molecule has 0 radical (unpaired) electrons. The molecule has 4 heteroatoms. The lowest BCUT2D eigenvalue weighted by atomic mass is 9.84. The van der Waals surface area contributed by atoms with Crippen LogP contribution in [0.4, 0.5) is 0 Å². The molecule has 3 rings (SSSR count). The fourth-order valence-corrected chi connectivity index (χ4v) is 3.34. The molecule has 2 aromatic carbocycles. The van der Waals surface area contributed by atoms with Gasteiger partial charge in [-0.25, -0.2) is 0 Å². The van der Waals surface area contributed by atoms with Crippen LogP contribution in [0.15, 0.2) is 42.5 Å². The van der Waals surface area contributed by atoms with Crippen LogP contribution in [0.25, 0.3) is 0 Å². The SMILES string of the molecule is CCCCC1CC(c2ccc(C(N)=O)cc2)Oc2ccc(O)cc21. The minimum atomic E-state index is -0.423. The van der Waals surface area contributed by atoms with Gasteiger partial charge in [0.25, 0.3) is 0 Å². The van der Waals surface area contributed by atoms with Crippen LogP contribution in [0.5, 0.6) is 11.5 Å². The number of hydrogen-bond donors (Lipinski definition) is 2. The molecule has 0 saturated heterocycles. The number of unbranched alkanes of at least 4 members (excludes halogenated alkanes) is 1. The van der Waals surface area contributed by atoms with Gasteiger partial charge in [0.1, 0.15) is 17.6 Å². The van der Waals surface area contributed by atoms with E-state index in [0.717, 1.165) is 42.6 Å². The summed E-state index contributed by atoms with van der Waals surface area (Å²) < 4.78 is 6.16. The number of rotatable bonds is 5. The molecule has 2 unspecified atom stereocenters. The number of aromatic hydroxyl groups is 1. The van der Waals surface area contributed by atoms with Crippen molar-refractivity contribution < 1.29 is 14.6 Å². The zero-order valence-corrected chi connectivity index (χ0v) is 13.9. The number of phenolic OH excluding ortho intramolecular Hbond substituents is 1. The van der Waals surface area contributed by atoms with Gasteiger partial charge in [-0.3, -0.25) is 4.79 Å². The van der Waals surface area contributed by atoms with E-state index in [-0.39, 0.29) is 11.9 Å². The summed E-state index contributed by atoms with van der Waals surface area (Å²) in [5.41, 5.74) is 7.94. The monoisotopic (exact) mass is 325 g/mol. The number of fused-ring (bicyclic) bond motifs is 1. The Hall–Kier alpha value is -2.49. The average Bonchev–Trinajstić information content (AvgIpc) is 2.59. The lowest BCUT2D eigenvalue weighted by Crippen LogP contribution is -2.19. The second kappa shape index (κ2) is 6.95. The molecule has 0 bridgehead atoms. The van der Waals surface area contributed by atoms with Crippen molar-refractivity contribution in [3.63, 3.8) is 0 Å². The van der Waals surface area contributed by atoms with E-state index in [2.05, 4.69) is 6.92 Å². The van der Waals surface area contributed by atoms with Crippen molar-refractivity contribution >= 4 is 5.91 Å². The van der Waals surface area contributed by atoms with E-state index in [0.29, 0.717) is 11.5 Å². The highest BCUT2D eigenvalue weighted by molar-refractivity contribution is 5.92. The molecule has 4 nitrogen and oxygen atoms in total. The smallest absolute Gasteiger partial charge is 0.248 e.